The van der Waals surface area contributed by atoms with Gasteiger partial charge in [-0.3, -0.25) is 14.9 Å². The highest BCUT2D eigenvalue weighted by Gasteiger charge is 2.19. The summed E-state index contributed by atoms with van der Waals surface area (Å²) in [6.45, 7) is 4.86. The first kappa shape index (κ1) is 22.9. The van der Waals surface area contributed by atoms with Gasteiger partial charge in [0.05, 0.1) is 22.8 Å². The molecule has 1 aromatic heterocycles. The average Bonchev–Trinajstić information content (AvgIpc) is 3.04. The fraction of sp³-hybridized carbons (Fsp3) is 0.318. The lowest BCUT2D eigenvalue weighted by Gasteiger charge is -2.13. The highest BCUT2D eigenvalue weighted by Crippen LogP contribution is 2.32. The Morgan fingerprint density at radius 3 is 2.41 bits per heavy atom. The summed E-state index contributed by atoms with van der Waals surface area (Å²) in [5.74, 6) is -0.998. The lowest BCUT2D eigenvalue weighted by atomic mass is 10.1. The van der Waals surface area contributed by atoms with Crippen LogP contribution in [0.15, 0.2) is 41.6 Å². The van der Waals surface area contributed by atoms with Crippen LogP contribution in [-0.4, -0.2) is 47.0 Å². The molecule has 0 radical (unpaired) electrons. The average molecular weight is 441 g/mol. The van der Waals surface area contributed by atoms with Gasteiger partial charge >= 0.3 is 11.9 Å². The van der Waals surface area contributed by atoms with Crippen molar-refractivity contribution in [3.8, 4) is 0 Å². The van der Waals surface area contributed by atoms with Gasteiger partial charge in [0.1, 0.15) is 12.6 Å². The molecular formula is C22H23N3O7. The van der Waals surface area contributed by atoms with Crippen molar-refractivity contribution >= 4 is 45.1 Å². The topological polar surface area (TPSA) is 122 Å². The first-order valence-corrected chi connectivity index (χ1v) is 9.82. The van der Waals surface area contributed by atoms with Crippen LogP contribution in [0.3, 0.4) is 0 Å². The summed E-state index contributed by atoms with van der Waals surface area (Å²) in [6.07, 6.45) is -0.409. The molecule has 0 saturated carbocycles. The van der Waals surface area contributed by atoms with E-state index in [1.54, 1.807) is 42.7 Å². The van der Waals surface area contributed by atoms with Crippen LogP contribution in [0, 0.1) is 10.1 Å². The summed E-state index contributed by atoms with van der Waals surface area (Å²) in [6, 6.07) is 9.82. The minimum Gasteiger partial charge on any atom is -0.459 e. The number of carbonyl (C=O) groups excluding carboxylic acids is 2. The number of nitrogens with zero attached hydrogens (tertiary/aromatic N) is 3. The molecule has 0 spiro atoms. The largest absolute Gasteiger partial charge is 0.459 e. The maximum absolute atomic E-state index is 12.5. The molecule has 1 atom stereocenters. The van der Waals surface area contributed by atoms with Gasteiger partial charge in [0.25, 0.3) is 5.69 Å². The van der Waals surface area contributed by atoms with Gasteiger partial charge in [-0.15, -0.1) is 0 Å². The predicted molar refractivity (Wildman–Crippen MR) is 118 cm³/mol. The Kier molecular flexibility index (Phi) is 6.84. The van der Waals surface area contributed by atoms with Crippen LogP contribution in [-0.2, 0) is 30.4 Å². The van der Waals surface area contributed by atoms with Crippen LogP contribution in [0.4, 0.5) is 5.69 Å². The zero-order valence-corrected chi connectivity index (χ0v) is 18.2. The van der Waals surface area contributed by atoms with Gasteiger partial charge in [-0.1, -0.05) is 11.2 Å². The molecule has 32 heavy (non-hydrogen) atoms. The van der Waals surface area contributed by atoms with E-state index in [-0.39, 0.29) is 18.8 Å². The number of aromatic nitrogens is 1. The summed E-state index contributed by atoms with van der Waals surface area (Å²) in [4.78, 5) is 39.1. The molecule has 0 fully saturated rings. The number of hydrogen-bond acceptors (Lipinski definition) is 8. The van der Waals surface area contributed by atoms with Gasteiger partial charge in [0, 0.05) is 42.5 Å². The fourth-order valence-electron chi connectivity index (χ4n) is 3.45. The predicted octanol–water partition coefficient (Wildman–Crippen LogP) is 3.57. The third-order valence-electron chi connectivity index (χ3n) is 4.81. The van der Waals surface area contributed by atoms with Crippen molar-refractivity contribution in [1.29, 1.82) is 0 Å². The zero-order chi connectivity index (χ0) is 23.4. The number of carbonyl (C=O) groups is 2. The van der Waals surface area contributed by atoms with Crippen molar-refractivity contribution in [3.05, 3.63) is 52.1 Å². The summed E-state index contributed by atoms with van der Waals surface area (Å²) in [5.41, 5.74) is 2.40. The molecule has 1 heterocycles. The van der Waals surface area contributed by atoms with Crippen molar-refractivity contribution in [1.82, 2.24) is 4.57 Å². The Hall–Kier alpha value is -3.79. The molecule has 3 rings (SSSR count). The molecule has 0 aliphatic rings. The lowest BCUT2D eigenvalue weighted by molar-refractivity contribution is -0.384. The lowest BCUT2D eigenvalue weighted by Crippen LogP contribution is -2.22. The van der Waals surface area contributed by atoms with E-state index in [0.717, 1.165) is 0 Å². The van der Waals surface area contributed by atoms with Crippen molar-refractivity contribution in [2.75, 3.05) is 13.7 Å². The Morgan fingerprint density at radius 1 is 1.12 bits per heavy atom. The number of rotatable bonds is 8. The molecule has 0 N–H and O–H groups in total. The highest BCUT2D eigenvalue weighted by atomic mass is 16.7. The van der Waals surface area contributed by atoms with Crippen LogP contribution in [0.25, 0.3) is 21.8 Å². The third kappa shape index (κ3) is 4.92. The number of non-ortho nitro benzene ring substituents is 1. The van der Waals surface area contributed by atoms with E-state index < -0.39 is 23.0 Å². The minimum atomic E-state index is -0.543. The number of ether oxygens (including phenoxy) is 2. The van der Waals surface area contributed by atoms with Crippen LogP contribution >= 0.6 is 0 Å². The minimum absolute atomic E-state index is 0.0662. The second kappa shape index (κ2) is 9.56. The van der Waals surface area contributed by atoms with E-state index in [4.69, 9.17) is 14.3 Å². The molecular weight excluding hydrogens is 418 g/mol. The van der Waals surface area contributed by atoms with Gasteiger partial charge in [-0.05, 0) is 37.6 Å². The Balaban J connectivity index is 2.11. The van der Waals surface area contributed by atoms with Gasteiger partial charge in [0.15, 0.2) is 0 Å². The maximum Gasteiger partial charge on any atom is 0.331 e. The maximum atomic E-state index is 12.5. The molecule has 0 bridgehead atoms. The number of methoxy groups -OCH3 is 1. The van der Waals surface area contributed by atoms with Crippen LogP contribution in [0.2, 0.25) is 0 Å². The van der Waals surface area contributed by atoms with Gasteiger partial charge in [-0.25, -0.2) is 4.79 Å². The van der Waals surface area contributed by atoms with Crippen molar-refractivity contribution in [2.45, 2.75) is 33.4 Å². The van der Waals surface area contributed by atoms with Crippen LogP contribution < -0.4 is 0 Å². The monoisotopic (exact) mass is 441 g/mol. The quantitative estimate of drug-likeness (QED) is 0.172. The standard InChI is InChI=1S/C22H23N3O7/c1-13(12-30-4)31-22(27)11-24-20-7-5-16(14(2)23-32-15(3)26)9-18(20)19-10-17(25(28)29)6-8-21(19)24/h5-10,13H,11-12H2,1-4H3/b23-14+. The summed E-state index contributed by atoms with van der Waals surface area (Å²) < 4.78 is 12.1. The van der Waals surface area contributed by atoms with E-state index >= 15 is 0 Å². The third-order valence-corrected chi connectivity index (χ3v) is 4.81. The number of nitro benzene ring substituents is 1. The van der Waals surface area contributed by atoms with Crippen molar-refractivity contribution < 1.29 is 28.8 Å². The Morgan fingerprint density at radius 2 is 1.78 bits per heavy atom. The zero-order valence-electron chi connectivity index (χ0n) is 18.2. The molecule has 3 aromatic rings. The van der Waals surface area contributed by atoms with Crippen molar-refractivity contribution in [3.63, 3.8) is 0 Å². The molecule has 0 amide bonds. The van der Waals surface area contributed by atoms with Crippen molar-refractivity contribution in [2.24, 2.45) is 5.16 Å². The van der Waals surface area contributed by atoms with E-state index in [2.05, 4.69) is 5.16 Å². The highest BCUT2D eigenvalue weighted by molar-refractivity contribution is 6.12. The van der Waals surface area contributed by atoms with E-state index in [1.807, 2.05) is 0 Å². The first-order valence-electron chi connectivity index (χ1n) is 9.82. The van der Waals surface area contributed by atoms with Crippen LogP contribution in [0.5, 0.6) is 0 Å². The fourth-order valence-corrected chi connectivity index (χ4v) is 3.45. The Labute approximate surface area is 183 Å². The number of esters is 1. The number of oxime groups is 1. The molecule has 168 valence electrons. The number of hydrogen-bond donors (Lipinski definition) is 0. The number of nitro groups is 1. The molecule has 10 heteroatoms. The number of benzene rings is 2. The molecule has 0 aliphatic carbocycles. The van der Waals surface area contributed by atoms with Gasteiger partial charge in [0.2, 0.25) is 0 Å². The normalized spacial score (nSPS) is 12.7. The SMILES string of the molecule is COCC(C)OC(=O)Cn1c2ccc(/C(C)=N/OC(C)=O)cc2c2cc([N+](=O)[O-])ccc21. The molecule has 0 aliphatic heterocycles. The molecule has 0 saturated heterocycles. The Bertz CT molecular complexity index is 1230. The van der Waals surface area contributed by atoms with Crippen LogP contribution in [0.1, 0.15) is 26.3 Å². The van der Waals surface area contributed by atoms with Gasteiger partial charge < -0.3 is 18.9 Å². The summed E-state index contributed by atoms with van der Waals surface area (Å²) in [5, 5.41) is 16.4. The molecule has 1 unspecified atom stereocenters. The number of fused-ring (bicyclic) bond motifs is 3. The van der Waals surface area contributed by atoms with E-state index in [0.29, 0.717) is 33.1 Å². The summed E-state index contributed by atoms with van der Waals surface area (Å²) in [7, 11) is 1.52. The molecule has 10 nitrogen and oxygen atoms in total. The van der Waals surface area contributed by atoms with E-state index in [9.17, 15) is 19.7 Å². The smallest absolute Gasteiger partial charge is 0.331 e. The van der Waals surface area contributed by atoms with E-state index in [1.165, 1.54) is 26.2 Å². The second-order valence-electron chi connectivity index (χ2n) is 7.29. The second-order valence-corrected chi connectivity index (χ2v) is 7.29. The molecule has 2 aromatic carbocycles. The first-order chi connectivity index (χ1) is 15.2. The van der Waals surface area contributed by atoms with Gasteiger partial charge in [-0.2, -0.15) is 0 Å². The summed E-state index contributed by atoms with van der Waals surface area (Å²) >= 11 is 0.